The minimum Gasteiger partial charge on any atom is -0.369 e. The lowest BCUT2D eigenvalue weighted by atomic mass is 9.78. The van der Waals surface area contributed by atoms with Crippen LogP contribution in [0.1, 0.15) is 37.3 Å². The quantitative estimate of drug-likeness (QED) is 0.829. The summed E-state index contributed by atoms with van der Waals surface area (Å²) in [6.45, 7) is 8.39. The number of anilines is 1. The summed E-state index contributed by atoms with van der Waals surface area (Å²) in [4.78, 5) is 5.25. The number of benzene rings is 2. The zero-order chi connectivity index (χ0) is 16.4. The van der Waals surface area contributed by atoms with Gasteiger partial charge < -0.3 is 9.80 Å². The molecule has 4 rings (SSSR count). The third-order valence-corrected chi connectivity index (χ3v) is 5.89. The van der Waals surface area contributed by atoms with Gasteiger partial charge in [-0.2, -0.15) is 0 Å². The summed E-state index contributed by atoms with van der Waals surface area (Å²) < 4.78 is 0. The lowest BCUT2D eigenvalue weighted by molar-refractivity contribution is 0.233. The third-order valence-electron chi connectivity index (χ3n) is 5.89. The molecule has 2 aromatic rings. The molecule has 0 aliphatic carbocycles. The summed E-state index contributed by atoms with van der Waals surface area (Å²) in [6, 6.07) is 20.0. The van der Waals surface area contributed by atoms with Crippen LogP contribution in [-0.2, 0) is 5.41 Å². The van der Waals surface area contributed by atoms with Crippen LogP contribution < -0.4 is 4.90 Å². The van der Waals surface area contributed by atoms with Crippen molar-refractivity contribution in [2.45, 2.75) is 31.6 Å². The second-order valence-electron chi connectivity index (χ2n) is 7.54. The van der Waals surface area contributed by atoms with E-state index in [9.17, 15) is 0 Å². The van der Waals surface area contributed by atoms with Gasteiger partial charge in [-0.3, -0.25) is 0 Å². The normalized spacial score (nSPS) is 24.1. The molecule has 0 radical (unpaired) electrons. The summed E-state index contributed by atoms with van der Waals surface area (Å²) >= 11 is 0. The highest BCUT2D eigenvalue weighted by molar-refractivity contribution is 5.65. The molecule has 2 heteroatoms. The fraction of sp³-hybridized carbons (Fsp3) is 0.455. The van der Waals surface area contributed by atoms with Gasteiger partial charge in [0.25, 0.3) is 0 Å². The van der Waals surface area contributed by atoms with Crippen LogP contribution in [0, 0.1) is 0 Å². The molecule has 1 atom stereocenters. The first kappa shape index (κ1) is 15.7. The van der Waals surface area contributed by atoms with Crippen LogP contribution in [0.2, 0.25) is 0 Å². The van der Waals surface area contributed by atoms with Crippen molar-refractivity contribution in [2.24, 2.45) is 0 Å². The SMILES string of the molecule is CC1(c2ccccc2)CN(CCN2CCCCC2)c2ccccc21. The van der Waals surface area contributed by atoms with Crippen LogP contribution in [0.25, 0.3) is 0 Å². The summed E-state index contributed by atoms with van der Waals surface area (Å²) in [7, 11) is 0. The molecule has 2 aliphatic rings. The minimum absolute atomic E-state index is 0.0970. The standard InChI is InChI=1S/C22H28N2/c1-22(19-10-4-2-5-11-19)18-24(21-13-7-6-12-20(21)22)17-16-23-14-8-3-9-15-23/h2,4-7,10-13H,3,8-9,14-18H2,1H3. The van der Waals surface area contributed by atoms with Crippen molar-refractivity contribution in [1.29, 1.82) is 0 Å². The Morgan fingerprint density at radius 2 is 1.54 bits per heavy atom. The van der Waals surface area contributed by atoms with E-state index >= 15 is 0 Å². The van der Waals surface area contributed by atoms with Crippen molar-refractivity contribution in [3.05, 3.63) is 65.7 Å². The summed E-state index contributed by atoms with van der Waals surface area (Å²) in [5.74, 6) is 0. The van der Waals surface area contributed by atoms with Gasteiger partial charge in [0.2, 0.25) is 0 Å². The van der Waals surface area contributed by atoms with E-state index in [2.05, 4.69) is 71.3 Å². The van der Waals surface area contributed by atoms with E-state index in [1.807, 2.05) is 0 Å². The number of likely N-dealkylation sites (tertiary alicyclic amines) is 1. The highest BCUT2D eigenvalue weighted by Gasteiger charge is 2.39. The predicted octanol–water partition coefficient (Wildman–Crippen LogP) is 4.30. The van der Waals surface area contributed by atoms with Crippen molar-refractivity contribution in [3.63, 3.8) is 0 Å². The number of hydrogen-bond donors (Lipinski definition) is 0. The van der Waals surface area contributed by atoms with Gasteiger partial charge in [0.1, 0.15) is 0 Å². The number of nitrogens with zero attached hydrogens (tertiary/aromatic N) is 2. The number of hydrogen-bond acceptors (Lipinski definition) is 2. The van der Waals surface area contributed by atoms with E-state index in [-0.39, 0.29) is 5.41 Å². The van der Waals surface area contributed by atoms with E-state index < -0.39 is 0 Å². The molecule has 0 aromatic heterocycles. The molecule has 2 aliphatic heterocycles. The Morgan fingerprint density at radius 3 is 2.33 bits per heavy atom. The molecule has 0 spiro atoms. The molecule has 1 saturated heterocycles. The van der Waals surface area contributed by atoms with Crippen molar-refractivity contribution in [2.75, 3.05) is 37.6 Å². The highest BCUT2D eigenvalue weighted by atomic mass is 15.2. The topological polar surface area (TPSA) is 6.48 Å². The van der Waals surface area contributed by atoms with Gasteiger partial charge in [0.15, 0.2) is 0 Å². The van der Waals surface area contributed by atoms with Gasteiger partial charge in [0.05, 0.1) is 0 Å². The first-order valence-electron chi connectivity index (χ1n) is 9.40. The Hall–Kier alpha value is -1.80. The fourth-order valence-electron chi connectivity index (χ4n) is 4.47. The molecule has 0 amide bonds. The average molecular weight is 320 g/mol. The molecule has 24 heavy (non-hydrogen) atoms. The second kappa shape index (κ2) is 6.60. The molecule has 1 fully saturated rings. The number of rotatable bonds is 4. The summed E-state index contributed by atoms with van der Waals surface area (Å²) in [5, 5.41) is 0. The largest absolute Gasteiger partial charge is 0.369 e. The maximum atomic E-state index is 2.64. The Balaban J connectivity index is 1.57. The Kier molecular flexibility index (Phi) is 4.32. The fourth-order valence-corrected chi connectivity index (χ4v) is 4.47. The molecule has 0 saturated carbocycles. The number of para-hydroxylation sites is 1. The van der Waals surface area contributed by atoms with Gasteiger partial charge in [-0.15, -0.1) is 0 Å². The zero-order valence-corrected chi connectivity index (χ0v) is 14.7. The monoisotopic (exact) mass is 320 g/mol. The molecular weight excluding hydrogens is 292 g/mol. The predicted molar refractivity (Wildman–Crippen MR) is 102 cm³/mol. The van der Waals surface area contributed by atoms with Gasteiger partial charge in [0, 0.05) is 30.7 Å². The average Bonchev–Trinajstić information content (AvgIpc) is 2.96. The van der Waals surface area contributed by atoms with Gasteiger partial charge in [-0.05, 0) is 50.0 Å². The van der Waals surface area contributed by atoms with Crippen molar-refractivity contribution < 1.29 is 0 Å². The molecule has 126 valence electrons. The lowest BCUT2D eigenvalue weighted by Crippen LogP contribution is -2.39. The van der Waals surface area contributed by atoms with Crippen LogP contribution in [0.15, 0.2) is 54.6 Å². The van der Waals surface area contributed by atoms with Crippen LogP contribution in [0.5, 0.6) is 0 Å². The smallest absolute Gasteiger partial charge is 0.0409 e. The lowest BCUT2D eigenvalue weighted by Gasteiger charge is -2.31. The Morgan fingerprint density at radius 1 is 0.833 bits per heavy atom. The Bertz CT molecular complexity index is 675. The first-order valence-corrected chi connectivity index (χ1v) is 9.40. The highest BCUT2D eigenvalue weighted by Crippen LogP contribution is 2.44. The van der Waals surface area contributed by atoms with Crippen molar-refractivity contribution >= 4 is 5.69 Å². The van der Waals surface area contributed by atoms with Crippen LogP contribution in [0.3, 0.4) is 0 Å². The van der Waals surface area contributed by atoms with Crippen LogP contribution in [0.4, 0.5) is 5.69 Å². The molecule has 2 nitrogen and oxygen atoms in total. The first-order chi connectivity index (χ1) is 11.8. The molecule has 0 bridgehead atoms. The summed E-state index contributed by atoms with van der Waals surface area (Å²) in [5.41, 5.74) is 4.44. The molecule has 2 heterocycles. The molecule has 1 unspecified atom stereocenters. The van der Waals surface area contributed by atoms with E-state index in [1.165, 1.54) is 55.7 Å². The third kappa shape index (κ3) is 2.84. The summed E-state index contributed by atoms with van der Waals surface area (Å²) in [6.07, 6.45) is 4.16. The number of piperidine rings is 1. The van der Waals surface area contributed by atoms with Gasteiger partial charge in [-0.25, -0.2) is 0 Å². The molecule has 2 aromatic carbocycles. The van der Waals surface area contributed by atoms with E-state index in [4.69, 9.17) is 0 Å². The van der Waals surface area contributed by atoms with Crippen LogP contribution in [-0.4, -0.2) is 37.6 Å². The van der Waals surface area contributed by atoms with Crippen molar-refractivity contribution in [3.8, 4) is 0 Å². The molecular formula is C22H28N2. The van der Waals surface area contributed by atoms with Gasteiger partial charge >= 0.3 is 0 Å². The van der Waals surface area contributed by atoms with Crippen LogP contribution >= 0.6 is 0 Å². The minimum atomic E-state index is 0.0970. The van der Waals surface area contributed by atoms with E-state index in [1.54, 1.807) is 0 Å². The number of fused-ring (bicyclic) bond motifs is 1. The van der Waals surface area contributed by atoms with E-state index in [0.717, 1.165) is 13.1 Å². The Labute approximate surface area is 146 Å². The van der Waals surface area contributed by atoms with Gasteiger partial charge in [-0.1, -0.05) is 55.0 Å². The van der Waals surface area contributed by atoms with E-state index in [0.29, 0.717) is 0 Å². The maximum absolute atomic E-state index is 2.64. The molecule has 0 N–H and O–H groups in total. The zero-order valence-electron chi connectivity index (χ0n) is 14.7. The van der Waals surface area contributed by atoms with Crippen molar-refractivity contribution in [1.82, 2.24) is 4.90 Å². The maximum Gasteiger partial charge on any atom is 0.0409 e. The second-order valence-corrected chi connectivity index (χ2v) is 7.54.